The minimum Gasteiger partial charge on any atom is -0.494 e. The number of hydrogen-bond acceptors (Lipinski definition) is 13. The molecule has 372 valence electrons. The minimum absolute atomic E-state index is 0.215. The summed E-state index contributed by atoms with van der Waals surface area (Å²) in [6, 6.07) is 20.6. The second-order valence-corrected chi connectivity index (χ2v) is 18.0. The van der Waals surface area contributed by atoms with Crippen LogP contribution in [0.3, 0.4) is 0 Å². The highest BCUT2D eigenvalue weighted by molar-refractivity contribution is 5.80. The van der Waals surface area contributed by atoms with E-state index >= 15 is 0 Å². The van der Waals surface area contributed by atoms with Crippen LogP contribution < -0.4 is 14.4 Å². The zero-order valence-corrected chi connectivity index (χ0v) is 42.4. The molecule has 14 heteroatoms. The van der Waals surface area contributed by atoms with Crippen LogP contribution in [-0.4, -0.2) is 64.4 Å². The normalized spacial score (nSPS) is 12.3. The van der Waals surface area contributed by atoms with Crippen LogP contribution in [0.15, 0.2) is 87.2 Å². The number of methoxy groups -OCH3 is 2. The molecule has 0 aromatic heterocycles. The topological polar surface area (TPSA) is 167 Å². The highest BCUT2D eigenvalue weighted by atomic mass is 16.6. The van der Waals surface area contributed by atoms with Gasteiger partial charge in [0.05, 0.1) is 49.6 Å². The number of benzene rings is 3. The van der Waals surface area contributed by atoms with E-state index in [1.165, 1.54) is 89.9 Å². The number of hydrogen-bond donors (Lipinski definition) is 0. The Hall–Kier alpha value is -5.40. The lowest BCUT2D eigenvalue weighted by molar-refractivity contribution is -0.445. The van der Waals surface area contributed by atoms with Crippen molar-refractivity contribution in [3.8, 4) is 11.5 Å². The standard InChI is InChI=1S/C52H79N5O6.CH3NO2/c1-9-12-13-14-15-16-17-18-19-20-21-22-23-24-25-29-37-62-50(59)52(6,10-2)41-51(4,5)49(58)63-38-36-57(11-3)44-34-32-43(33-35-44)54-56-46-40-47(60-7)45(39-48(46)61-8)55-53-42-30-27-26-28-31-42;1-2(3)4/h26-28,30-35,39-40H,9-25,29,36-38,41H2,1-8H3;1H3. The summed E-state index contributed by atoms with van der Waals surface area (Å²) in [5, 5.41) is 26.3. The lowest BCUT2D eigenvalue weighted by atomic mass is 9.72. The summed E-state index contributed by atoms with van der Waals surface area (Å²) >= 11 is 0. The van der Waals surface area contributed by atoms with E-state index in [2.05, 4.69) is 39.2 Å². The highest BCUT2D eigenvalue weighted by Crippen LogP contribution is 2.41. The van der Waals surface area contributed by atoms with Crippen molar-refractivity contribution in [2.75, 3.05) is 52.5 Å². The molecule has 14 nitrogen and oxygen atoms in total. The van der Waals surface area contributed by atoms with Crippen LogP contribution in [0, 0.1) is 20.9 Å². The fourth-order valence-corrected chi connectivity index (χ4v) is 7.76. The molecule has 0 radical (unpaired) electrons. The summed E-state index contributed by atoms with van der Waals surface area (Å²) in [6.07, 6.45) is 21.8. The number of likely N-dealkylation sites (N-methyl/N-ethyl adjacent to an activating group) is 1. The summed E-state index contributed by atoms with van der Waals surface area (Å²) in [6.45, 7) is 13.8. The van der Waals surface area contributed by atoms with Gasteiger partial charge in [0.25, 0.3) is 0 Å². The van der Waals surface area contributed by atoms with Crippen molar-refractivity contribution in [2.24, 2.45) is 31.3 Å². The van der Waals surface area contributed by atoms with E-state index < -0.39 is 15.8 Å². The van der Waals surface area contributed by atoms with E-state index in [-0.39, 0.29) is 18.5 Å². The number of unbranched alkanes of at least 4 members (excludes halogenated alkanes) is 15. The second kappa shape index (κ2) is 33.1. The molecule has 0 heterocycles. The lowest BCUT2D eigenvalue weighted by Crippen LogP contribution is -2.39. The van der Waals surface area contributed by atoms with Gasteiger partial charge >= 0.3 is 11.9 Å². The van der Waals surface area contributed by atoms with Gasteiger partial charge in [-0.05, 0) is 83.4 Å². The molecule has 1 unspecified atom stereocenters. The molecule has 67 heavy (non-hydrogen) atoms. The third-order valence-electron chi connectivity index (χ3n) is 11.9. The predicted molar refractivity (Wildman–Crippen MR) is 270 cm³/mol. The van der Waals surface area contributed by atoms with Crippen LogP contribution in [0.5, 0.6) is 11.5 Å². The average molecular weight is 931 g/mol. The van der Waals surface area contributed by atoms with Crippen molar-refractivity contribution < 1.29 is 33.5 Å². The zero-order valence-electron chi connectivity index (χ0n) is 42.4. The number of carbonyl (C=O) groups is 2. The Morgan fingerprint density at radius 1 is 0.612 bits per heavy atom. The first-order chi connectivity index (χ1) is 32.2. The molecule has 0 aliphatic carbocycles. The number of rotatable bonds is 33. The molecule has 0 saturated heterocycles. The van der Waals surface area contributed by atoms with Gasteiger partial charge in [-0.25, -0.2) is 0 Å². The summed E-state index contributed by atoms with van der Waals surface area (Å²) in [5.74, 6) is 0.415. The Balaban J connectivity index is 0.00000369. The smallest absolute Gasteiger partial charge is 0.311 e. The maximum atomic E-state index is 13.4. The van der Waals surface area contributed by atoms with Gasteiger partial charge in [0.1, 0.15) is 29.5 Å². The van der Waals surface area contributed by atoms with Crippen LogP contribution in [-0.2, 0) is 19.1 Å². The number of anilines is 1. The third kappa shape index (κ3) is 23.3. The van der Waals surface area contributed by atoms with Gasteiger partial charge in [-0.15, -0.1) is 10.2 Å². The Kier molecular flexibility index (Phi) is 28.5. The predicted octanol–water partition coefficient (Wildman–Crippen LogP) is 15.4. The van der Waals surface area contributed by atoms with Crippen LogP contribution in [0.4, 0.5) is 28.4 Å². The van der Waals surface area contributed by atoms with Gasteiger partial charge < -0.3 is 23.8 Å². The molecule has 1 atom stereocenters. The molecule has 0 bridgehead atoms. The fourth-order valence-electron chi connectivity index (χ4n) is 7.76. The van der Waals surface area contributed by atoms with Crippen molar-refractivity contribution in [2.45, 2.75) is 157 Å². The van der Waals surface area contributed by atoms with Crippen LogP contribution in [0.1, 0.15) is 157 Å². The van der Waals surface area contributed by atoms with Gasteiger partial charge in [0.2, 0.25) is 0 Å². The first-order valence-electron chi connectivity index (χ1n) is 24.7. The molecular formula is C53H82N6O8. The number of esters is 2. The van der Waals surface area contributed by atoms with Gasteiger partial charge in [0.15, 0.2) is 7.05 Å². The Bertz CT molecular complexity index is 1900. The molecule has 0 saturated carbocycles. The van der Waals surface area contributed by atoms with Gasteiger partial charge in [-0.1, -0.05) is 128 Å². The minimum atomic E-state index is -0.860. The van der Waals surface area contributed by atoms with E-state index in [0.29, 0.717) is 61.1 Å². The molecule has 0 aliphatic heterocycles. The van der Waals surface area contributed by atoms with Crippen LogP contribution >= 0.6 is 0 Å². The molecule has 3 rings (SSSR count). The first kappa shape index (κ1) is 57.7. The number of azo groups is 2. The van der Waals surface area contributed by atoms with Crippen LogP contribution in [0.25, 0.3) is 0 Å². The number of carbonyl (C=O) groups excluding carboxylic acids is 2. The van der Waals surface area contributed by atoms with E-state index in [1.54, 1.807) is 26.4 Å². The molecule has 0 N–H and O–H groups in total. The Morgan fingerprint density at radius 2 is 1.04 bits per heavy atom. The second-order valence-electron chi connectivity index (χ2n) is 18.0. The first-order valence-corrected chi connectivity index (χ1v) is 24.7. The number of nitro groups is 1. The van der Waals surface area contributed by atoms with Crippen LogP contribution in [0.2, 0.25) is 0 Å². The monoisotopic (exact) mass is 931 g/mol. The molecule has 3 aromatic rings. The van der Waals surface area contributed by atoms with Crippen molar-refractivity contribution in [3.05, 3.63) is 76.8 Å². The van der Waals surface area contributed by atoms with E-state index in [9.17, 15) is 9.59 Å². The maximum Gasteiger partial charge on any atom is 0.311 e. The van der Waals surface area contributed by atoms with Gasteiger partial charge in [0, 0.05) is 29.3 Å². The molecule has 3 aromatic carbocycles. The molecule has 0 spiro atoms. The number of ether oxygens (including phenoxy) is 4. The van der Waals surface area contributed by atoms with E-state index in [0.717, 1.165) is 31.3 Å². The average Bonchev–Trinajstić information content (AvgIpc) is 3.32. The molecule has 0 fully saturated rings. The highest BCUT2D eigenvalue weighted by Gasteiger charge is 2.43. The van der Waals surface area contributed by atoms with Gasteiger partial charge in [-0.2, -0.15) is 10.2 Å². The zero-order chi connectivity index (χ0) is 49.3. The maximum absolute atomic E-state index is 13.4. The largest absolute Gasteiger partial charge is 0.494 e. The van der Waals surface area contributed by atoms with Gasteiger partial charge in [-0.3, -0.25) is 19.7 Å². The van der Waals surface area contributed by atoms with E-state index in [1.807, 2.05) is 82.3 Å². The quantitative estimate of drug-likeness (QED) is 0.0190. The van der Waals surface area contributed by atoms with Crippen molar-refractivity contribution >= 4 is 40.4 Å². The summed E-state index contributed by atoms with van der Waals surface area (Å²) in [5.41, 5.74) is 1.69. The van der Waals surface area contributed by atoms with Crippen molar-refractivity contribution in [3.63, 3.8) is 0 Å². The number of nitrogens with zero attached hydrogens (tertiary/aromatic N) is 6. The lowest BCUT2D eigenvalue weighted by Gasteiger charge is -2.34. The summed E-state index contributed by atoms with van der Waals surface area (Å²) in [4.78, 5) is 37.1. The Labute approximate surface area is 401 Å². The summed E-state index contributed by atoms with van der Waals surface area (Å²) < 4.78 is 22.8. The molecule has 0 amide bonds. The SMILES string of the molecule is CCCCCCCCCCCCCCCCCCOC(=O)C(C)(CC)CC(C)(C)C(=O)OCCN(CC)c1ccc(N=Nc2cc(OC)c(N=Nc3ccccc3)cc2OC)cc1.C[N+](=O)[O-]. The van der Waals surface area contributed by atoms with E-state index in [4.69, 9.17) is 29.1 Å². The Morgan fingerprint density at radius 3 is 1.48 bits per heavy atom. The van der Waals surface area contributed by atoms with Crippen molar-refractivity contribution in [1.29, 1.82) is 0 Å². The third-order valence-corrected chi connectivity index (χ3v) is 11.9. The van der Waals surface area contributed by atoms with Crippen molar-refractivity contribution in [1.82, 2.24) is 0 Å². The fraction of sp³-hybridized carbons (Fsp3) is 0.623. The summed E-state index contributed by atoms with van der Waals surface area (Å²) in [7, 11) is 4.01. The molecular weight excluding hydrogens is 849 g/mol. The molecule has 0 aliphatic rings.